The highest BCUT2D eigenvalue weighted by molar-refractivity contribution is 7.98. The molecule has 3 heterocycles. The third-order valence-electron chi connectivity index (χ3n) is 6.53. The highest BCUT2D eigenvalue weighted by atomic mass is 32.2. The van der Waals surface area contributed by atoms with Crippen LogP contribution >= 0.6 is 23.1 Å². The molecule has 5 rings (SSSR count). The van der Waals surface area contributed by atoms with Gasteiger partial charge < -0.3 is 10.2 Å². The number of aromatic nitrogens is 4. The maximum absolute atomic E-state index is 12.6. The number of nitrogens with one attached hydrogen (secondary N) is 1. The van der Waals surface area contributed by atoms with Gasteiger partial charge in [0.1, 0.15) is 16.5 Å². The van der Waals surface area contributed by atoms with Crippen molar-refractivity contribution in [3.05, 3.63) is 87.6 Å². The van der Waals surface area contributed by atoms with Gasteiger partial charge >= 0.3 is 0 Å². The summed E-state index contributed by atoms with van der Waals surface area (Å²) in [5, 5.41) is 15.7. The number of carbonyl (C=O) groups is 1. The van der Waals surface area contributed by atoms with Gasteiger partial charge in [0.2, 0.25) is 0 Å². The number of benzene rings is 2. The van der Waals surface area contributed by atoms with Crippen molar-refractivity contribution in [1.82, 2.24) is 30.0 Å². The lowest BCUT2D eigenvalue weighted by atomic mass is 10.1. The van der Waals surface area contributed by atoms with Crippen molar-refractivity contribution >= 4 is 29.0 Å². The average Bonchev–Trinajstić information content (AvgIpc) is 3.56. The number of likely N-dealkylation sites (tertiary alicyclic amines) is 1. The molecule has 0 spiro atoms. The van der Waals surface area contributed by atoms with Gasteiger partial charge in [-0.2, -0.15) is 0 Å². The smallest absolute Gasteiger partial charge is 0.270 e. The van der Waals surface area contributed by atoms with Gasteiger partial charge in [0.25, 0.3) is 5.91 Å². The lowest BCUT2D eigenvalue weighted by Gasteiger charge is -2.26. The summed E-state index contributed by atoms with van der Waals surface area (Å²) < 4.78 is 2.15. The normalized spacial score (nSPS) is 14.1. The Bertz CT molecular complexity index is 1310. The van der Waals surface area contributed by atoms with Crippen molar-refractivity contribution in [3.8, 4) is 5.69 Å². The van der Waals surface area contributed by atoms with E-state index in [9.17, 15) is 4.79 Å². The van der Waals surface area contributed by atoms with Crippen LogP contribution in [0.25, 0.3) is 5.69 Å². The van der Waals surface area contributed by atoms with Crippen molar-refractivity contribution in [2.24, 2.45) is 0 Å². The Labute approximate surface area is 226 Å². The quantitative estimate of drug-likeness (QED) is 0.285. The molecule has 0 saturated carbocycles. The Morgan fingerprint density at radius 3 is 2.62 bits per heavy atom. The summed E-state index contributed by atoms with van der Waals surface area (Å²) in [6.45, 7) is 5.93. The molecule has 192 valence electrons. The van der Waals surface area contributed by atoms with Crippen LogP contribution in [0.1, 0.15) is 51.7 Å². The molecule has 1 amide bonds. The van der Waals surface area contributed by atoms with Crippen LogP contribution in [0, 0.1) is 6.92 Å². The van der Waals surface area contributed by atoms with Gasteiger partial charge in [0.15, 0.2) is 5.16 Å². The summed E-state index contributed by atoms with van der Waals surface area (Å²) in [6.07, 6.45) is 4.53. The third kappa shape index (κ3) is 6.66. The lowest BCUT2D eigenvalue weighted by molar-refractivity contribution is 0.0942. The predicted octanol–water partition coefficient (Wildman–Crippen LogP) is 5.13. The molecule has 1 aliphatic rings. The fraction of sp³-hybridized carbons (Fsp3) is 0.357. The number of carbonyl (C=O) groups excluding carboxylic acids is 1. The fourth-order valence-corrected chi connectivity index (χ4v) is 6.31. The van der Waals surface area contributed by atoms with Gasteiger partial charge in [0.05, 0.1) is 11.4 Å². The monoisotopic (exact) mass is 532 g/mol. The molecule has 7 nitrogen and oxygen atoms in total. The number of amides is 1. The number of hydrogen-bond donors (Lipinski definition) is 1. The minimum atomic E-state index is -0.0993. The first-order chi connectivity index (χ1) is 18.2. The van der Waals surface area contributed by atoms with Gasteiger partial charge in [-0.1, -0.05) is 66.7 Å². The number of piperidine rings is 1. The number of para-hydroxylation sites is 1. The van der Waals surface area contributed by atoms with E-state index in [2.05, 4.69) is 61.2 Å². The SMILES string of the molecule is Cc1ccccc1-n1c(Cc2ccccc2)nnc1SCc1nc(C(=O)NCCN2CCCCC2)cs1. The van der Waals surface area contributed by atoms with Gasteiger partial charge in [-0.3, -0.25) is 9.36 Å². The zero-order chi connectivity index (χ0) is 25.5. The second-order valence-electron chi connectivity index (χ2n) is 9.26. The minimum Gasteiger partial charge on any atom is -0.349 e. The van der Waals surface area contributed by atoms with Gasteiger partial charge in [0, 0.05) is 24.9 Å². The second-order valence-corrected chi connectivity index (χ2v) is 11.1. The molecule has 0 atom stereocenters. The van der Waals surface area contributed by atoms with Crippen molar-refractivity contribution in [2.45, 2.75) is 43.5 Å². The number of aryl methyl sites for hydroxylation is 1. The summed E-state index contributed by atoms with van der Waals surface area (Å²) in [6, 6.07) is 18.6. The summed E-state index contributed by atoms with van der Waals surface area (Å²) in [5.41, 5.74) is 3.92. The molecular weight excluding hydrogens is 500 g/mol. The summed E-state index contributed by atoms with van der Waals surface area (Å²) in [5.74, 6) is 1.43. The Kier molecular flexibility index (Phi) is 8.65. The highest BCUT2D eigenvalue weighted by Crippen LogP contribution is 2.28. The van der Waals surface area contributed by atoms with Crippen LogP contribution in [-0.2, 0) is 12.2 Å². The van der Waals surface area contributed by atoms with Crippen LogP contribution < -0.4 is 5.32 Å². The van der Waals surface area contributed by atoms with E-state index in [0.717, 1.165) is 46.9 Å². The summed E-state index contributed by atoms with van der Waals surface area (Å²) in [4.78, 5) is 19.6. The molecule has 9 heteroatoms. The van der Waals surface area contributed by atoms with Crippen LogP contribution in [0.15, 0.2) is 65.1 Å². The summed E-state index contributed by atoms with van der Waals surface area (Å²) in [7, 11) is 0. The van der Waals surface area contributed by atoms with E-state index in [-0.39, 0.29) is 5.91 Å². The van der Waals surface area contributed by atoms with Crippen LogP contribution in [0.4, 0.5) is 0 Å². The molecule has 0 aliphatic carbocycles. The average molecular weight is 533 g/mol. The van der Waals surface area contributed by atoms with E-state index in [4.69, 9.17) is 0 Å². The van der Waals surface area contributed by atoms with E-state index in [1.807, 2.05) is 35.7 Å². The van der Waals surface area contributed by atoms with E-state index < -0.39 is 0 Å². The molecule has 0 unspecified atom stereocenters. The molecule has 1 saturated heterocycles. The van der Waals surface area contributed by atoms with Crippen molar-refractivity contribution < 1.29 is 4.79 Å². The Hall–Kier alpha value is -3.01. The van der Waals surface area contributed by atoms with Crippen molar-refractivity contribution in [3.63, 3.8) is 0 Å². The van der Waals surface area contributed by atoms with E-state index in [0.29, 0.717) is 24.4 Å². The van der Waals surface area contributed by atoms with Crippen LogP contribution in [0.5, 0.6) is 0 Å². The fourth-order valence-electron chi connectivity index (χ4n) is 4.55. The van der Waals surface area contributed by atoms with Gasteiger partial charge in [-0.05, 0) is 50.0 Å². The highest BCUT2D eigenvalue weighted by Gasteiger charge is 2.18. The Morgan fingerprint density at radius 2 is 1.81 bits per heavy atom. The topological polar surface area (TPSA) is 75.9 Å². The molecule has 37 heavy (non-hydrogen) atoms. The van der Waals surface area contributed by atoms with Crippen LogP contribution in [0.3, 0.4) is 0 Å². The van der Waals surface area contributed by atoms with Crippen molar-refractivity contribution in [2.75, 3.05) is 26.2 Å². The maximum atomic E-state index is 12.6. The first-order valence-corrected chi connectivity index (χ1v) is 14.7. The van der Waals surface area contributed by atoms with E-state index in [1.165, 1.54) is 36.2 Å². The molecule has 4 aromatic rings. The minimum absolute atomic E-state index is 0.0993. The van der Waals surface area contributed by atoms with Crippen molar-refractivity contribution in [1.29, 1.82) is 0 Å². The van der Waals surface area contributed by atoms with Gasteiger partial charge in [-0.25, -0.2) is 4.98 Å². The largest absolute Gasteiger partial charge is 0.349 e. The molecule has 0 bridgehead atoms. The predicted molar refractivity (Wildman–Crippen MR) is 150 cm³/mol. The zero-order valence-corrected chi connectivity index (χ0v) is 22.7. The molecule has 1 aliphatic heterocycles. The molecular formula is C28H32N6OS2. The Balaban J connectivity index is 1.25. The number of hydrogen-bond acceptors (Lipinski definition) is 7. The zero-order valence-electron chi connectivity index (χ0n) is 21.1. The number of thioether (sulfide) groups is 1. The molecule has 2 aromatic heterocycles. The first kappa shape index (κ1) is 25.6. The van der Waals surface area contributed by atoms with E-state index >= 15 is 0 Å². The molecule has 1 N–H and O–H groups in total. The molecule has 0 radical (unpaired) electrons. The second kappa shape index (κ2) is 12.5. The number of nitrogens with zero attached hydrogens (tertiary/aromatic N) is 5. The maximum Gasteiger partial charge on any atom is 0.270 e. The lowest BCUT2D eigenvalue weighted by Crippen LogP contribution is -2.37. The third-order valence-corrected chi connectivity index (χ3v) is 8.50. The molecule has 1 fully saturated rings. The number of rotatable bonds is 10. The van der Waals surface area contributed by atoms with Crippen LogP contribution in [0.2, 0.25) is 0 Å². The summed E-state index contributed by atoms with van der Waals surface area (Å²) >= 11 is 3.11. The van der Waals surface area contributed by atoms with Crippen LogP contribution in [-0.4, -0.2) is 56.7 Å². The van der Waals surface area contributed by atoms with Gasteiger partial charge in [-0.15, -0.1) is 21.5 Å². The molecule has 2 aromatic carbocycles. The standard InChI is InChI=1S/C28H32N6OS2/c1-21-10-6-7-13-24(21)34-25(18-22-11-4-2-5-12-22)31-32-28(34)37-20-26-30-23(19-36-26)27(35)29-14-17-33-15-8-3-9-16-33/h2,4-7,10-13,19H,3,8-9,14-18,20H2,1H3,(H,29,35). The number of thiazole rings is 1. The Morgan fingerprint density at radius 1 is 1.03 bits per heavy atom. The van der Waals surface area contributed by atoms with E-state index in [1.54, 1.807) is 11.8 Å². The first-order valence-electron chi connectivity index (χ1n) is 12.8.